The van der Waals surface area contributed by atoms with Gasteiger partial charge in [0.05, 0.1) is 4.70 Å². The topological polar surface area (TPSA) is 64.1 Å². The first kappa shape index (κ1) is 11.6. The van der Waals surface area contributed by atoms with Crippen molar-refractivity contribution < 1.29 is 9.53 Å². The molecule has 2 heterocycles. The van der Waals surface area contributed by atoms with Crippen molar-refractivity contribution in [3.8, 4) is 5.75 Å². The number of amides is 1. The number of aromatic nitrogens is 2. The van der Waals surface area contributed by atoms with Crippen LogP contribution < -0.4 is 10.1 Å². The first-order chi connectivity index (χ1) is 9.31. The minimum absolute atomic E-state index is 0.467. The molecule has 94 valence electrons. The zero-order valence-corrected chi connectivity index (χ0v) is 10.6. The maximum atomic E-state index is 11.7. The number of nitrogens with one attached hydrogen (secondary N) is 1. The third-order valence-corrected chi connectivity index (χ3v) is 3.25. The maximum Gasteiger partial charge on any atom is 0.418 e. The van der Waals surface area contributed by atoms with Crippen LogP contribution in [0.2, 0.25) is 0 Å². The number of ether oxygens (including phenoxy) is 1. The Morgan fingerprint density at radius 2 is 2.00 bits per heavy atom. The molecule has 3 aromatic rings. The fourth-order valence-corrected chi connectivity index (χ4v) is 2.34. The fraction of sp³-hybridized carbons (Fsp3) is 0. The lowest BCUT2D eigenvalue weighted by molar-refractivity contribution is 0.215. The highest BCUT2D eigenvalue weighted by Crippen LogP contribution is 2.24. The van der Waals surface area contributed by atoms with Crippen LogP contribution >= 0.6 is 11.3 Å². The van der Waals surface area contributed by atoms with Gasteiger partial charge in [-0.3, -0.25) is 5.32 Å². The van der Waals surface area contributed by atoms with Gasteiger partial charge in [-0.1, -0.05) is 29.5 Å². The zero-order chi connectivity index (χ0) is 13.1. The monoisotopic (exact) mass is 271 g/mol. The predicted molar refractivity (Wildman–Crippen MR) is 73.5 cm³/mol. The van der Waals surface area contributed by atoms with E-state index in [1.165, 1.54) is 11.3 Å². The molecule has 2 aromatic heterocycles. The van der Waals surface area contributed by atoms with Gasteiger partial charge in [-0.05, 0) is 24.3 Å². The van der Waals surface area contributed by atoms with E-state index in [9.17, 15) is 4.79 Å². The number of carbonyl (C=O) groups is 1. The van der Waals surface area contributed by atoms with Crippen LogP contribution in [0.25, 0.3) is 10.3 Å². The summed E-state index contributed by atoms with van der Waals surface area (Å²) in [5, 5.41) is 3.05. The number of benzene rings is 1. The molecule has 0 radical (unpaired) electrons. The van der Waals surface area contributed by atoms with E-state index in [-0.39, 0.29) is 0 Å². The Morgan fingerprint density at radius 1 is 1.16 bits per heavy atom. The van der Waals surface area contributed by atoms with Gasteiger partial charge in [0.15, 0.2) is 10.8 Å². The molecule has 0 bridgehead atoms. The highest BCUT2D eigenvalue weighted by Gasteiger charge is 2.09. The molecule has 0 aliphatic carbocycles. The quantitative estimate of drug-likeness (QED) is 0.776. The molecule has 0 atom stereocenters. The molecule has 1 amide bonds. The summed E-state index contributed by atoms with van der Waals surface area (Å²) in [7, 11) is 0. The van der Waals surface area contributed by atoms with E-state index in [1.54, 1.807) is 30.5 Å². The van der Waals surface area contributed by atoms with E-state index in [0.717, 1.165) is 4.70 Å². The number of para-hydroxylation sites is 1. The number of hydrogen-bond donors (Lipinski definition) is 1. The highest BCUT2D eigenvalue weighted by molar-refractivity contribution is 7.22. The van der Waals surface area contributed by atoms with Gasteiger partial charge in [0, 0.05) is 6.20 Å². The smallest absolute Gasteiger partial charge is 0.410 e. The molecule has 0 spiro atoms. The SMILES string of the molecule is O=C(Nc1nc2ncccc2s1)Oc1ccccc1. The van der Waals surface area contributed by atoms with Gasteiger partial charge in [0.25, 0.3) is 0 Å². The minimum atomic E-state index is -0.565. The van der Waals surface area contributed by atoms with Crippen LogP contribution in [-0.2, 0) is 0 Å². The molecule has 6 heteroatoms. The molecule has 0 unspecified atom stereocenters. The van der Waals surface area contributed by atoms with Crippen LogP contribution in [0.3, 0.4) is 0 Å². The summed E-state index contributed by atoms with van der Waals surface area (Å²) < 4.78 is 6.02. The van der Waals surface area contributed by atoms with Crippen molar-refractivity contribution in [1.29, 1.82) is 0 Å². The molecular formula is C13H9N3O2S. The van der Waals surface area contributed by atoms with Crippen LogP contribution in [0, 0.1) is 0 Å². The maximum absolute atomic E-state index is 11.7. The number of fused-ring (bicyclic) bond motifs is 1. The van der Waals surface area contributed by atoms with Crippen molar-refractivity contribution in [3.05, 3.63) is 48.7 Å². The second kappa shape index (κ2) is 5.03. The number of pyridine rings is 1. The Balaban J connectivity index is 1.72. The van der Waals surface area contributed by atoms with Crippen molar-refractivity contribution in [1.82, 2.24) is 9.97 Å². The van der Waals surface area contributed by atoms with E-state index >= 15 is 0 Å². The summed E-state index contributed by atoms with van der Waals surface area (Å²) in [5.41, 5.74) is 0.613. The van der Waals surface area contributed by atoms with Gasteiger partial charge in [-0.25, -0.2) is 9.78 Å². The van der Waals surface area contributed by atoms with Crippen molar-refractivity contribution in [2.75, 3.05) is 5.32 Å². The summed E-state index contributed by atoms with van der Waals surface area (Å²) in [4.78, 5) is 20.0. The molecule has 19 heavy (non-hydrogen) atoms. The van der Waals surface area contributed by atoms with E-state index in [1.807, 2.05) is 18.2 Å². The number of thiazole rings is 1. The lowest BCUT2D eigenvalue weighted by Crippen LogP contribution is -2.16. The van der Waals surface area contributed by atoms with Gasteiger partial charge in [0.1, 0.15) is 5.75 Å². The Kier molecular flexibility index (Phi) is 3.07. The Bertz CT molecular complexity index is 679. The Labute approximate surface area is 112 Å². The van der Waals surface area contributed by atoms with E-state index in [0.29, 0.717) is 16.5 Å². The third-order valence-electron chi connectivity index (χ3n) is 2.33. The Hall–Kier alpha value is -2.47. The number of rotatable bonds is 2. The molecule has 1 N–H and O–H groups in total. The van der Waals surface area contributed by atoms with Crippen LogP contribution in [0.5, 0.6) is 5.75 Å². The molecule has 5 nitrogen and oxygen atoms in total. The van der Waals surface area contributed by atoms with E-state index in [2.05, 4.69) is 15.3 Å². The largest absolute Gasteiger partial charge is 0.418 e. The molecule has 0 aliphatic rings. The molecule has 1 aromatic carbocycles. The number of carbonyl (C=O) groups excluding carboxylic acids is 1. The molecule has 0 fully saturated rings. The lowest BCUT2D eigenvalue weighted by Gasteiger charge is -2.03. The number of hydrogen-bond acceptors (Lipinski definition) is 5. The van der Waals surface area contributed by atoms with Crippen molar-refractivity contribution in [2.24, 2.45) is 0 Å². The summed E-state index contributed by atoms with van der Waals surface area (Å²) in [6.07, 6.45) is 1.10. The van der Waals surface area contributed by atoms with Crippen molar-refractivity contribution in [3.63, 3.8) is 0 Å². The van der Waals surface area contributed by atoms with Crippen LogP contribution in [0.4, 0.5) is 9.93 Å². The van der Waals surface area contributed by atoms with Gasteiger partial charge in [0.2, 0.25) is 0 Å². The average molecular weight is 271 g/mol. The van der Waals surface area contributed by atoms with Crippen molar-refractivity contribution in [2.45, 2.75) is 0 Å². The predicted octanol–water partition coefficient (Wildman–Crippen LogP) is 3.30. The van der Waals surface area contributed by atoms with Gasteiger partial charge >= 0.3 is 6.09 Å². The normalized spacial score (nSPS) is 10.3. The van der Waals surface area contributed by atoms with Crippen LogP contribution in [-0.4, -0.2) is 16.1 Å². The summed E-state index contributed by atoms with van der Waals surface area (Å²) in [6.45, 7) is 0. The summed E-state index contributed by atoms with van der Waals surface area (Å²) in [6, 6.07) is 12.6. The van der Waals surface area contributed by atoms with Gasteiger partial charge in [-0.2, -0.15) is 4.98 Å². The lowest BCUT2D eigenvalue weighted by atomic mass is 10.3. The fourth-order valence-electron chi connectivity index (χ4n) is 1.53. The second-order valence-electron chi connectivity index (χ2n) is 3.67. The second-order valence-corrected chi connectivity index (χ2v) is 4.70. The van der Waals surface area contributed by atoms with E-state index in [4.69, 9.17) is 4.74 Å². The number of nitrogens with zero attached hydrogens (tertiary/aromatic N) is 2. The molecular weight excluding hydrogens is 262 g/mol. The summed E-state index contributed by atoms with van der Waals surface area (Å²) >= 11 is 1.35. The summed E-state index contributed by atoms with van der Waals surface area (Å²) in [5.74, 6) is 0.485. The highest BCUT2D eigenvalue weighted by atomic mass is 32.1. The minimum Gasteiger partial charge on any atom is -0.410 e. The van der Waals surface area contributed by atoms with E-state index < -0.39 is 6.09 Å². The molecule has 3 rings (SSSR count). The first-order valence-corrected chi connectivity index (χ1v) is 6.38. The molecule has 0 aliphatic heterocycles. The van der Waals surface area contributed by atoms with Gasteiger partial charge < -0.3 is 4.74 Å². The molecule has 0 saturated carbocycles. The molecule has 0 saturated heterocycles. The standard InChI is InChI=1S/C13H9N3O2S/c17-13(18-9-5-2-1-3-6-9)16-12-15-11-10(19-12)7-4-8-14-11/h1-8H,(H,14,15,16,17). The van der Waals surface area contributed by atoms with Crippen LogP contribution in [0.15, 0.2) is 48.7 Å². The zero-order valence-electron chi connectivity index (χ0n) is 9.74. The van der Waals surface area contributed by atoms with Crippen molar-refractivity contribution >= 4 is 32.9 Å². The Morgan fingerprint density at radius 3 is 2.79 bits per heavy atom. The average Bonchev–Trinajstić information content (AvgIpc) is 2.81. The van der Waals surface area contributed by atoms with Crippen LogP contribution in [0.1, 0.15) is 0 Å². The van der Waals surface area contributed by atoms with Gasteiger partial charge in [-0.15, -0.1) is 0 Å². The first-order valence-electron chi connectivity index (χ1n) is 5.57. The number of anilines is 1. The third kappa shape index (κ3) is 2.69.